The molecule has 0 spiro atoms. The summed E-state index contributed by atoms with van der Waals surface area (Å²) in [6.07, 6.45) is -3.52. The van der Waals surface area contributed by atoms with Gasteiger partial charge < -0.3 is 10.2 Å². The highest BCUT2D eigenvalue weighted by Gasteiger charge is 2.39. The lowest BCUT2D eigenvalue weighted by molar-refractivity contribution is -0.194. The van der Waals surface area contributed by atoms with E-state index in [1.165, 1.54) is 0 Å². The molecular weight excluding hydrogens is 185 g/mol. The van der Waals surface area contributed by atoms with Crippen LogP contribution in [0.4, 0.5) is 13.2 Å². The van der Waals surface area contributed by atoms with Gasteiger partial charge in [0.2, 0.25) is 0 Å². The van der Waals surface area contributed by atoms with Crippen molar-refractivity contribution in [2.24, 2.45) is 0 Å². The second-order valence-corrected chi connectivity index (χ2v) is 2.52. The predicted octanol–water partition coefficient (Wildman–Crippen LogP) is 1.77. The number of aromatic hydroxyl groups is 1. The Morgan fingerprint density at radius 3 is 2.00 bits per heavy atom. The molecule has 0 aliphatic heterocycles. The van der Waals surface area contributed by atoms with Crippen molar-refractivity contribution in [1.29, 1.82) is 0 Å². The number of halogens is 3. The summed E-state index contributed by atoms with van der Waals surface area (Å²) in [4.78, 5) is 0. The molecule has 1 atom stereocenters. The third kappa shape index (κ3) is 1.92. The van der Waals surface area contributed by atoms with Gasteiger partial charge in [0.1, 0.15) is 5.75 Å². The standard InChI is InChI=1S/C8H7F3O2/c9-7(10)8(11,13)5-1-3-6(12)4-2-5/h1-4,7,12-13H. The SMILES string of the molecule is Oc1ccc(C(O)(F)C(F)F)cc1. The molecule has 0 fully saturated rings. The summed E-state index contributed by atoms with van der Waals surface area (Å²) >= 11 is 0. The second-order valence-electron chi connectivity index (χ2n) is 2.52. The van der Waals surface area contributed by atoms with Gasteiger partial charge in [-0.2, -0.15) is 0 Å². The van der Waals surface area contributed by atoms with Gasteiger partial charge in [-0.1, -0.05) is 0 Å². The number of alkyl halides is 3. The Hall–Kier alpha value is -1.23. The topological polar surface area (TPSA) is 40.5 Å². The van der Waals surface area contributed by atoms with Gasteiger partial charge in [-0.3, -0.25) is 0 Å². The number of phenolic OH excluding ortho intramolecular Hbond substituents is 1. The van der Waals surface area contributed by atoms with Crippen molar-refractivity contribution in [2.45, 2.75) is 12.3 Å². The number of benzene rings is 1. The van der Waals surface area contributed by atoms with E-state index in [1.807, 2.05) is 0 Å². The molecule has 1 unspecified atom stereocenters. The van der Waals surface area contributed by atoms with Gasteiger partial charge in [0.05, 0.1) is 0 Å². The Morgan fingerprint density at radius 2 is 1.62 bits per heavy atom. The van der Waals surface area contributed by atoms with Crippen molar-refractivity contribution < 1.29 is 23.4 Å². The average Bonchev–Trinajstić information content (AvgIpc) is 2.04. The van der Waals surface area contributed by atoms with Crippen molar-refractivity contribution in [1.82, 2.24) is 0 Å². The first-order valence-corrected chi connectivity index (χ1v) is 3.43. The normalized spacial score (nSPS) is 15.8. The molecule has 72 valence electrons. The van der Waals surface area contributed by atoms with Crippen LogP contribution in [-0.4, -0.2) is 16.6 Å². The van der Waals surface area contributed by atoms with E-state index in [0.29, 0.717) is 0 Å². The van der Waals surface area contributed by atoms with E-state index >= 15 is 0 Å². The monoisotopic (exact) mass is 192 g/mol. The van der Waals surface area contributed by atoms with Crippen LogP contribution in [0, 0.1) is 0 Å². The van der Waals surface area contributed by atoms with Crippen molar-refractivity contribution in [3.63, 3.8) is 0 Å². The molecule has 0 aliphatic carbocycles. The Kier molecular flexibility index (Phi) is 2.47. The molecule has 0 heterocycles. The molecule has 1 aromatic rings. The molecule has 5 heteroatoms. The van der Waals surface area contributed by atoms with Gasteiger partial charge in [-0.15, -0.1) is 0 Å². The number of phenols is 1. The molecular formula is C8H7F3O2. The average molecular weight is 192 g/mol. The minimum atomic E-state index is -3.66. The predicted molar refractivity (Wildman–Crippen MR) is 39.1 cm³/mol. The molecule has 0 amide bonds. The highest BCUT2D eigenvalue weighted by molar-refractivity contribution is 5.28. The maximum absolute atomic E-state index is 12.8. The Morgan fingerprint density at radius 1 is 1.15 bits per heavy atom. The zero-order chi connectivity index (χ0) is 10.1. The molecule has 0 aliphatic rings. The van der Waals surface area contributed by atoms with Gasteiger partial charge in [0, 0.05) is 5.56 Å². The van der Waals surface area contributed by atoms with E-state index in [1.54, 1.807) is 0 Å². The fourth-order valence-corrected chi connectivity index (χ4v) is 0.821. The summed E-state index contributed by atoms with van der Waals surface area (Å²) in [5, 5.41) is 17.4. The van der Waals surface area contributed by atoms with Gasteiger partial charge in [0.15, 0.2) is 0 Å². The molecule has 0 saturated carbocycles. The van der Waals surface area contributed by atoms with E-state index in [4.69, 9.17) is 10.2 Å². The maximum atomic E-state index is 12.8. The third-order valence-electron chi connectivity index (χ3n) is 1.56. The number of hydrogen-bond donors (Lipinski definition) is 2. The molecule has 2 N–H and O–H groups in total. The van der Waals surface area contributed by atoms with Crippen LogP contribution in [0.5, 0.6) is 5.75 Å². The number of hydrogen-bond acceptors (Lipinski definition) is 2. The minimum absolute atomic E-state index is 0.186. The summed E-state index contributed by atoms with van der Waals surface area (Å²) in [5.74, 6) is -3.85. The van der Waals surface area contributed by atoms with Crippen LogP contribution in [0.2, 0.25) is 0 Å². The van der Waals surface area contributed by atoms with Gasteiger partial charge in [0.25, 0.3) is 5.85 Å². The summed E-state index contributed by atoms with van der Waals surface area (Å²) in [6.45, 7) is 0. The summed E-state index contributed by atoms with van der Waals surface area (Å²) < 4.78 is 36.6. The molecule has 13 heavy (non-hydrogen) atoms. The summed E-state index contributed by atoms with van der Waals surface area (Å²) in [7, 11) is 0. The van der Waals surface area contributed by atoms with Crippen LogP contribution < -0.4 is 0 Å². The van der Waals surface area contributed by atoms with E-state index in [9.17, 15) is 13.2 Å². The van der Waals surface area contributed by atoms with Crippen LogP contribution in [0.25, 0.3) is 0 Å². The van der Waals surface area contributed by atoms with Crippen molar-refractivity contribution in [2.75, 3.05) is 0 Å². The van der Waals surface area contributed by atoms with Crippen molar-refractivity contribution in [3.8, 4) is 5.75 Å². The first-order valence-electron chi connectivity index (χ1n) is 3.43. The lowest BCUT2D eigenvalue weighted by Crippen LogP contribution is -2.28. The maximum Gasteiger partial charge on any atom is 0.300 e. The minimum Gasteiger partial charge on any atom is -0.508 e. The first kappa shape index (κ1) is 9.85. The van der Waals surface area contributed by atoms with Crippen LogP contribution >= 0.6 is 0 Å². The van der Waals surface area contributed by atoms with Crippen LogP contribution in [0.3, 0.4) is 0 Å². The second kappa shape index (κ2) is 3.26. The van der Waals surface area contributed by atoms with Crippen LogP contribution in [0.1, 0.15) is 5.56 Å². The molecule has 1 rings (SSSR count). The lowest BCUT2D eigenvalue weighted by atomic mass is 10.1. The third-order valence-corrected chi connectivity index (χ3v) is 1.56. The van der Waals surface area contributed by atoms with Crippen molar-refractivity contribution >= 4 is 0 Å². The quantitative estimate of drug-likeness (QED) is 0.749. The fraction of sp³-hybridized carbons (Fsp3) is 0.250. The summed E-state index contributed by atoms with van der Waals surface area (Å²) in [6, 6.07) is 3.81. The Bertz CT molecular complexity index is 282. The molecule has 0 radical (unpaired) electrons. The largest absolute Gasteiger partial charge is 0.508 e. The Labute approximate surface area is 72.2 Å². The van der Waals surface area contributed by atoms with Crippen LogP contribution in [-0.2, 0) is 5.85 Å². The zero-order valence-corrected chi connectivity index (χ0v) is 6.42. The van der Waals surface area contributed by atoms with Gasteiger partial charge in [-0.25, -0.2) is 13.2 Å². The smallest absolute Gasteiger partial charge is 0.300 e. The molecule has 1 aromatic carbocycles. The van der Waals surface area contributed by atoms with Gasteiger partial charge in [-0.05, 0) is 24.3 Å². The van der Waals surface area contributed by atoms with E-state index in [-0.39, 0.29) is 5.75 Å². The molecule has 0 saturated heterocycles. The van der Waals surface area contributed by atoms with Crippen LogP contribution in [0.15, 0.2) is 24.3 Å². The van der Waals surface area contributed by atoms with E-state index in [2.05, 4.69) is 0 Å². The summed E-state index contributed by atoms with van der Waals surface area (Å²) in [5.41, 5.74) is -0.583. The highest BCUT2D eigenvalue weighted by atomic mass is 19.3. The molecule has 0 aromatic heterocycles. The van der Waals surface area contributed by atoms with E-state index in [0.717, 1.165) is 24.3 Å². The Balaban J connectivity index is 3.01. The molecule has 2 nitrogen and oxygen atoms in total. The van der Waals surface area contributed by atoms with E-state index < -0.39 is 17.8 Å². The number of rotatable bonds is 2. The fourth-order valence-electron chi connectivity index (χ4n) is 0.821. The van der Waals surface area contributed by atoms with Crippen molar-refractivity contribution in [3.05, 3.63) is 29.8 Å². The first-order chi connectivity index (χ1) is 5.94. The highest BCUT2D eigenvalue weighted by Crippen LogP contribution is 2.30. The van der Waals surface area contributed by atoms with Gasteiger partial charge >= 0.3 is 6.43 Å². The lowest BCUT2D eigenvalue weighted by Gasteiger charge is -2.17. The zero-order valence-electron chi connectivity index (χ0n) is 6.42. The number of aliphatic hydroxyl groups is 1. The molecule has 0 bridgehead atoms.